The summed E-state index contributed by atoms with van der Waals surface area (Å²) in [4.78, 5) is 12.8. The Kier molecular flexibility index (Phi) is 13.0. The van der Waals surface area contributed by atoms with Gasteiger partial charge in [0.15, 0.2) is 11.5 Å². The topological polar surface area (TPSA) is 115 Å². The third-order valence-electron chi connectivity index (χ3n) is 7.25. The van der Waals surface area contributed by atoms with E-state index >= 15 is 0 Å². The molecule has 0 unspecified atom stereocenters. The minimum Gasteiger partial charge on any atom is -0.493 e. The average molecular weight is 508 g/mol. The molecule has 1 fully saturated rings. The lowest BCUT2D eigenvalue weighted by molar-refractivity contribution is -0.128. The van der Waals surface area contributed by atoms with Gasteiger partial charge in [-0.15, -0.1) is 0 Å². The summed E-state index contributed by atoms with van der Waals surface area (Å²) in [6.07, 6.45) is 1.93. The number of methoxy groups -OCH3 is 2. The van der Waals surface area contributed by atoms with Gasteiger partial charge in [0.1, 0.15) is 0 Å². The zero-order valence-electron chi connectivity index (χ0n) is 23.1. The number of amides is 1. The van der Waals surface area contributed by atoms with Crippen molar-refractivity contribution in [1.29, 1.82) is 0 Å². The Balaban J connectivity index is 2.00. The first-order valence-corrected chi connectivity index (χ1v) is 13.4. The molecule has 206 valence electrons. The quantitative estimate of drug-likeness (QED) is 0.240. The van der Waals surface area contributed by atoms with E-state index in [9.17, 15) is 9.90 Å². The molecular weight excluding hydrogens is 458 g/mol. The summed E-state index contributed by atoms with van der Waals surface area (Å²) >= 11 is 0. The molecule has 0 radical (unpaired) electrons. The van der Waals surface area contributed by atoms with E-state index in [4.69, 9.17) is 19.9 Å². The monoisotopic (exact) mass is 507 g/mol. The van der Waals surface area contributed by atoms with Crippen LogP contribution in [0, 0.1) is 23.7 Å². The summed E-state index contributed by atoms with van der Waals surface area (Å²) in [5, 5.41) is 17.2. The highest BCUT2D eigenvalue weighted by atomic mass is 16.5. The molecule has 1 amide bonds. The van der Waals surface area contributed by atoms with Crippen molar-refractivity contribution in [1.82, 2.24) is 10.6 Å². The number of hydrogen-bond donors (Lipinski definition) is 4. The molecule has 1 saturated heterocycles. The van der Waals surface area contributed by atoms with Crippen LogP contribution < -0.4 is 25.8 Å². The van der Waals surface area contributed by atoms with Crippen molar-refractivity contribution in [2.45, 2.75) is 71.6 Å². The first kappa shape index (κ1) is 30.4. The molecule has 1 aliphatic rings. The van der Waals surface area contributed by atoms with Crippen LogP contribution in [0.25, 0.3) is 0 Å². The summed E-state index contributed by atoms with van der Waals surface area (Å²) in [6.45, 7) is 11.2. The van der Waals surface area contributed by atoms with Gasteiger partial charge in [0.2, 0.25) is 5.91 Å². The molecular formula is C28H49N3O5. The Morgan fingerprint density at radius 3 is 2.39 bits per heavy atom. The lowest BCUT2D eigenvalue weighted by Crippen LogP contribution is -2.58. The summed E-state index contributed by atoms with van der Waals surface area (Å²) < 4.78 is 16.5. The van der Waals surface area contributed by atoms with Crippen LogP contribution in [0.4, 0.5) is 0 Å². The van der Waals surface area contributed by atoms with Gasteiger partial charge < -0.3 is 35.7 Å². The zero-order chi connectivity index (χ0) is 26.7. The maximum Gasteiger partial charge on any atom is 0.223 e. The molecule has 0 saturated carbocycles. The molecule has 8 heteroatoms. The Morgan fingerprint density at radius 1 is 1.11 bits per heavy atom. The lowest BCUT2D eigenvalue weighted by Gasteiger charge is -2.33. The van der Waals surface area contributed by atoms with Gasteiger partial charge in [-0.2, -0.15) is 0 Å². The van der Waals surface area contributed by atoms with Crippen LogP contribution in [0.1, 0.15) is 52.5 Å². The molecule has 1 heterocycles. The van der Waals surface area contributed by atoms with Crippen molar-refractivity contribution in [3.05, 3.63) is 23.8 Å². The van der Waals surface area contributed by atoms with E-state index in [1.54, 1.807) is 14.2 Å². The van der Waals surface area contributed by atoms with Crippen LogP contribution in [0.2, 0.25) is 0 Å². The number of hydrogen-bond acceptors (Lipinski definition) is 7. The highest BCUT2D eigenvalue weighted by molar-refractivity contribution is 5.79. The second-order valence-electron chi connectivity index (χ2n) is 10.8. The maximum absolute atomic E-state index is 12.8. The van der Waals surface area contributed by atoms with Crippen LogP contribution in [-0.2, 0) is 16.0 Å². The number of aliphatic hydroxyl groups is 1. The lowest BCUT2D eigenvalue weighted by atomic mass is 9.80. The molecule has 4 atom stereocenters. The number of nitrogens with one attached hydrogen (secondary N) is 2. The molecule has 1 aliphatic heterocycles. The fourth-order valence-corrected chi connectivity index (χ4v) is 4.56. The van der Waals surface area contributed by atoms with Gasteiger partial charge in [-0.1, -0.05) is 33.8 Å². The van der Waals surface area contributed by atoms with Gasteiger partial charge >= 0.3 is 0 Å². The van der Waals surface area contributed by atoms with Gasteiger partial charge in [-0.25, -0.2) is 0 Å². The largest absolute Gasteiger partial charge is 0.493 e. The van der Waals surface area contributed by atoms with Crippen LogP contribution >= 0.6 is 0 Å². The molecule has 0 bridgehead atoms. The minimum atomic E-state index is -0.737. The number of benzene rings is 1. The van der Waals surface area contributed by atoms with Gasteiger partial charge in [-0.3, -0.25) is 4.79 Å². The molecule has 0 spiro atoms. The molecule has 8 nitrogen and oxygen atoms in total. The maximum atomic E-state index is 12.8. The van der Waals surface area contributed by atoms with Crippen LogP contribution in [0.5, 0.6) is 11.5 Å². The standard InChI is InChI=1S/C28H49N3O5/c1-18(2)21(12-20-8-9-26(35-6)27(13-20)36-11-7-10-34-5)14-24(29)25(32)15-23(19(3)4)28(33)31-22-16-30-17-22/h8-9,13,18-19,21-25,30,32H,7,10-12,14-17,29H2,1-6H3,(H,31,33)/t21-,23-,24-,25-/m0/s1. The smallest absolute Gasteiger partial charge is 0.223 e. The number of aliphatic hydroxyl groups excluding tert-OH is 1. The Labute approximate surface area is 217 Å². The fourth-order valence-electron chi connectivity index (χ4n) is 4.56. The summed E-state index contributed by atoms with van der Waals surface area (Å²) in [6, 6.07) is 5.83. The second-order valence-corrected chi connectivity index (χ2v) is 10.8. The van der Waals surface area contributed by atoms with Crippen LogP contribution in [-0.4, -0.2) is 69.7 Å². The van der Waals surface area contributed by atoms with Crippen molar-refractivity contribution in [2.24, 2.45) is 29.4 Å². The van der Waals surface area contributed by atoms with Crippen molar-refractivity contribution in [3.63, 3.8) is 0 Å². The first-order valence-electron chi connectivity index (χ1n) is 13.4. The molecule has 2 rings (SSSR count). The van der Waals surface area contributed by atoms with Crippen molar-refractivity contribution < 1.29 is 24.1 Å². The Hall–Kier alpha value is -1.87. The molecule has 1 aromatic rings. The highest BCUT2D eigenvalue weighted by Crippen LogP contribution is 2.31. The van der Waals surface area contributed by atoms with E-state index in [0.717, 1.165) is 37.2 Å². The van der Waals surface area contributed by atoms with E-state index in [2.05, 4.69) is 30.5 Å². The van der Waals surface area contributed by atoms with Gasteiger partial charge in [0.05, 0.1) is 25.9 Å². The molecule has 5 N–H and O–H groups in total. The Bertz CT molecular complexity index is 784. The number of carbonyl (C=O) groups excluding carboxylic acids is 1. The zero-order valence-corrected chi connectivity index (χ0v) is 23.1. The fraction of sp³-hybridized carbons (Fsp3) is 0.750. The third-order valence-corrected chi connectivity index (χ3v) is 7.25. The van der Waals surface area contributed by atoms with E-state index in [-0.39, 0.29) is 29.7 Å². The van der Waals surface area contributed by atoms with Gasteiger partial charge in [0.25, 0.3) is 0 Å². The third kappa shape index (κ3) is 9.54. The van der Waals surface area contributed by atoms with E-state index in [1.165, 1.54) is 0 Å². The van der Waals surface area contributed by atoms with Crippen molar-refractivity contribution in [3.8, 4) is 11.5 Å². The van der Waals surface area contributed by atoms with Crippen molar-refractivity contribution in [2.75, 3.05) is 40.5 Å². The summed E-state index contributed by atoms with van der Waals surface area (Å²) in [5.41, 5.74) is 7.66. The van der Waals surface area contributed by atoms with Crippen LogP contribution in [0.15, 0.2) is 18.2 Å². The molecule has 0 aliphatic carbocycles. The average Bonchev–Trinajstić information content (AvgIpc) is 2.81. The van der Waals surface area contributed by atoms with Gasteiger partial charge in [-0.05, 0) is 54.7 Å². The molecule has 0 aromatic heterocycles. The molecule has 1 aromatic carbocycles. The van der Waals surface area contributed by atoms with Gasteiger partial charge in [0, 0.05) is 45.2 Å². The number of rotatable bonds is 17. The van der Waals surface area contributed by atoms with E-state index < -0.39 is 12.1 Å². The minimum absolute atomic E-state index is 0.0134. The van der Waals surface area contributed by atoms with E-state index in [1.807, 2.05) is 26.0 Å². The Morgan fingerprint density at radius 2 is 1.83 bits per heavy atom. The normalized spacial score (nSPS) is 17.4. The highest BCUT2D eigenvalue weighted by Gasteiger charge is 2.31. The number of carbonyl (C=O) groups is 1. The SMILES string of the molecule is COCCCOc1cc(C[C@@H](C[C@H](N)[C@@H](O)C[C@H](C(=O)NC2CNC2)C(C)C)C(C)C)ccc1OC. The number of ether oxygens (including phenoxy) is 3. The predicted octanol–water partition coefficient (Wildman–Crippen LogP) is 2.75. The number of nitrogens with two attached hydrogens (primary N) is 1. The predicted molar refractivity (Wildman–Crippen MR) is 143 cm³/mol. The van der Waals surface area contributed by atoms with Crippen LogP contribution in [0.3, 0.4) is 0 Å². The second kappa shape index (κ2) is 15.4. The van der Waals surface area contributed by atoms with Crippen molar-refractivity contribution >= 4 is 5.91 Å². The first-order chi connectivity index (χ1) is 17.2. The summed E-state index contributed by atoms with van der Waals surface area (Å²) in [7, 11) is 3.32. The summed E-state index contributed by atoms with van der Waals surface area (Å²) in [5.74, 6) is 1.97. The van der Waals surface area contributed by atoms with E-state index in [0.29, 0.717) is 37.7 Å². The molecule has 36 heavy (non-hydrogen) atoms.